The molecule has 142 valence electrons. The third kappa shape index (κ3) is 3.97. The van der Waals surface area contributed by atoms with Crippen molar-refractivity contribution in [3.8, 4) is 5.75 Å². The van der Waals surface area contributed by atoms with Crippen LogP contribution in [-0.4, -0.2) is 54.9 Å². The van der Waals surface area contributed by atoms with Gasteiger partial charge in [-0.1, -0.05) is 24.3 Å². The molecule has 5 heteroatoms. The van der Waals surface area contributed by atoms with Crippen LogP contribution in [0.3, 0.4) is 0 Å². The largest absolute Gasteiger partial charge is 0.496 e. The van der Waals surface area contributed by atoms with Crippen molar-refractivity contribution in [1.29, 1.82) is 0 Å². The van der Waals surface area contributed by atoms with Crippen LogP contribution < -0.4 is 4.74 Å². The van der Waals surface area contributed by atoms with Crippen molar-refractivity contribution in [2.24, 2.45) is 0 Å². The third-order valence-corrected chi connectivity index (χ3v) is 5.24. The zero-order valence-corrected chi connectivity index (χ0v) is 16.2. The van der Waals surface area contributed by atoms with Gasteiger partial charge in [0, 0.05) is 31.7 Å². The van der Waals surface area contributed by atoms with Gasteiger partial charge in [0.1, 0.15) is 5.75 Å². The van der Waals surface area contributed by atoms with E-state index in [1.165, 1.54) is 0 Å². The quantitative estimate of drug-likeness (QED) is 0.837. The SMILES string of the molecule is COc1ccccc1C(=O)N1CCCN(C(=O)c2cccc(C)c2C)CC1. The van der Waals surface area contributed by atoms with E-state index in [4.69, 9.17) is 4.74 Å². The van der Waals surface area contributed by atoms with Crippen molar-refractivity contribution in [1.82, 2.24) is 9.80 Å². The van der Waals surface area contributed by atoms with Gasteiger partial charge in [0.15, 0.2) is 0 Å². The Balaban J connectivity index is 1.73. The second-order valence-electron chi connectivity index (χ2n) is 6.89. The number of hydrogen-bond acceptors (Lipinski definition) is 3. The van der Waals surface area contributed by atoms with Gasteiger partial charge in [-0.3, -0.25) is 9.59 Å². The molecule has 0 atom stereocenters. The molecule has 1 fully saturated rings. The molecule has 0 spiro atoms. The Morgan fingerprint density at radius 3 is 2.07 bits per heavy atom. The Bertz CT molecular complexity index is 847. The van der Waals surface area contributed by atoms with Crippen LogP contribution in [0.15, 0.2) is 42.5 Å². The lowest BCUT2D eigenvalue weighted by Crippen LogP contribution is -2.37. The maximum absolute atomic E-state index is 13.0. The summed E-state index contributed by atoms with van der Waals surface area (Å²) >= 11 is 0. The van der Waals surface area contributed by atoms with E-state index < -0.39 is 0 Å². The number of rotatable bonds is 3. The van der Waals surface area contributed by atoms with Gasteiger partial charge >= 0.3 is 0 Å². The molecule has 1 heterocycles. The second kappa shape index (κ2) is 8.25. The average molecular weight is 366 g/mol. The van der Waals surface area contributed by atoms with Crippen LogP contribution in [0.25, 0.3) is 0 Å². The summed E-state index contributed by atoms with van der Waals surface area (Å²) in [7, 11) is 1.57. The molecule has 3 rings (SSSR count). The summed E-state index contributed by atoms with van der Waals surface area (Å²) in [5.74, 6) is 0.575. The molecule has 2 amide bonds. The molecule has 1 aliphatic heterocycles. The Morgan fingerprint density at radius 2 is 1.41 bits per heavy atom. The van der Waals surface area contributed by atoms with Crippen molar-refractivity contribution in [2.45, 2.75) is 20.3 Å². The van der Waals surface area contributed by atoms with Crippen molar-refractivity contribution in [3.63, 3.8) is 0 Å². The van der Waals surface area contributed by atoms with Gasteiger partial charge in [-0.25, -0.2) is 0 Å². The Morgan fingerprint density at radius 1 is 0.815 bits per heavy atom. The van der Waals surface area contributed by atoms with Crippen LogP contribution in [-0.2, 0) is 0 Å². The van der Waals surface area contributed by atoms with Gasteiger partial charge in [0.05, 0.1) is 12.7 Å². The molecule has 0 radical (unpaired) electrons. The van der Waals surface area contributed by atoms with Gasteiger partial charge < -0.3 is 14.5 Å². The standard InChI is InChI=1S/C22H26N2O3/c1-16-8-6-10-18(17(16)2)21(25)23-12-7-13-24(15-14-23)22(26)19-9-4-5-11-20(19)27-3/h4-6,8-11H,7,12-15H2,1-3H3. The van der Waals surface area contributed by atoms with Crippen LogP contribution >= 0.6 is 0 Å². The predicted octanol–water partition coefficient (Wildman–Crippen LogP) is 3.30. The first kappa shape index (κ1) is 19.0. The number of carbonyl (C=O) groups is 2. The zero-order valence-electron chi connectivity index (χ0n) is 16.2. The fourth-order valence-corrected chi connectivity index (χ4v) is 3.47. The number of methoxy groups -OCH3 is 1. The van der Waals surface area contributed by atoms with Gasteiger partial charge in [-0.2, -0.15) is 0 Å². The highest BCUT2D eigenvalue weighted by molar-refractivity contribution is 5.97. The number of benzene rings is 2. The topological polar surface area (TPSA) is 49.9 Å². The van der Waals surface area contributed by atoms with E-state index in [0.29, 0.717) is 37.5 Å². The van der Waals surface area contributed by atoms with Gasteiger partial charge in [-0.05, 0) is 49.6 Å². The van der Waals surface area contributed by atoms with Crippen LogP contribution in [0.1, 0.15) is 38.3 Å². The Kier molecular flexibility index (Phi) is 5.79. The first-order valence-electron chi connectivity index (χ1n) is 9.30. The zero-order chi connectivity index (χ0) is 19.4. The molecule has 2 aromatic rings. The van der Waals surface area contributed by atoms with E-state index in [1.54, 1.807) is 19.2 Å². The normalized spacial score (nSPS) is 14.6. The minimum Gasteiger partial charge on any atom is -0.496 e. The molecule has 0 unspecified atom stereocenters. The molecular weight excluding hydrogens is 340 g/mol. The van der Waals surface area contributed by atoms with Gasteiger partial charge in [-0.15, -0.1) is 0 Å². The van der Waals surface area contributed by atoms with E-state index in [0.717, 1.165) is 23.1 Å². The highest BCUT2D eigenvalue weighted by atomic mass is 16.5. The summed E-state index contributed by atoms with van der Waals surface area (Å²) in [6.45, 7) is 6.34. The van der Waals surface area contributed by atoms with Crippen LogP contribution in [0.4, 0.5) is 0 Å². The third-order valence-electron chi connectivity index (χ3n) is 5.24. The predicted molar refractivity (Wildman–Crippen MR) is 105 cm³/mol. The number of ether oxygens (including phenoxy) is 1. The molecule has 0 saturated carbocycles. The highest BCUT2D eigenvalue weighted by Gasteiger charge is 2.25. The number of aryl methyl sites for hydroxylation is 1. The minimum atomic E-state index is -0.0477. The van der Waals surface area contributed by atoms with Gasteiger partial charge in [0.25, 0.3) is 11.8 Å². The van der Waals surface area contributed by atoms with Crippen LogP contribution in [0.2, 0.25) is 0 Å². The number of para-hydroxylation sites is 1. The van der Waals surface area contributed by atoms with E-state index in [9.17, 15) is 9.59 Å². The van der Waals surface area contributed by atoms with Crippen LogP contribution in [0.5, 0.6) is 5.75 Å². The lowest BCUT2D eigenvalue weighted by molar-refractivity contribution is 0.0716. The molecular formula is C22H26N2O3. The highest BCUT2D eigenvalue weighted by Crippen LogP contribution is 2.21. The molecule has 0 N–H and O–H groups in total. The molecule has 0 aliphatic carbocycles. The van der Waals surface area contributed by atoms with Crippen molar-refractivity contribution in [2.75, 3.05) is 33.3 Å². The fraction of sp³-hybridized carbons (Fsp3) is 0.364. The van der Waals surface area contributed by atoms with Crippen molar-refractivity contribution < 1.29 is 14.3 Å². The molecule has 1 aliphatic rings. The summed E-state index contributed by atoms with van der Waals surface area (Å²) < 4.78 is 5.32. The minimum absolute atomic E-state index is 0.0443. The monoisotopic (exact) mass is 366 g/mol. The molecule has 0 bridgehead atoms. The Labute approximate surface area is 160 Å². The average Bonchev–Trinajstić information content (AvgIpc) is 2.95. The maximum atomic E-state index is 13.0. The number of nitrogens with zero attached hydrogens (tertiary/aromatic N) is 2. The molecule has 1 saturated heterocycles. The Hall–Kier alpha value is -2.82. The summed E-state index contributed by atoms with van der Waals surface area (Å²) in [5.41, 5.74) is 3.45. The lowest BCUT2D eigenvalue weighted by atomic mass is 10.0. The summed E-state index contributed by atoms with van der Waals surface area (Å²) in [5, 5.41) is 0. The number of amides is 2. The second-order valence-corrected chi connectivity index (χ2v) is 6.89. The molecule has 0 aromatic heterocycles. The van der Waals surface area contributed by atoms with Crippen LogP contribution in [0, 0.1) is 13.8 Å². The summed E-state index contributed by atoms with van der Waals surface area (Å²) in [6.07, 6.45) is 0.761. The summed E-state index contributed by atoms with van der Waals surface area (Å²) in [6, 6.07) is 13.1. The molecule has 5 nitrogen and oxygen atoms in total. The van der Waals surface area contributed by atoms with Crippen molar-refractivity contribution in [3.05, 3.63) is 64.7 Å². The number of hydrogen-bond donors (Lipinski definition) is 0. The van der Waals surface area contributed by atoms with E-state index in [-0.39, 0.29) is 11.8 Å². The number of carbonyl (C=O) groups excluding carboxylic acids is 2. The van der Waals surface area contributed by atoms with E-state index in [2.05, 4.69) is 0 Å². The molecule has 27 heavy (non-hydrogen) atoms. The van der Waals surface area contributed by atoms with E-state index in [1.807, 2.05) is 54.0 Å². The van der Waals surface area contributed by atoms with Crippen molar-refractivity contribution >= 4 is 11.8 Å². The van der Waals surface area contributed by atoms with Gasteiger partial charge in [0.2, 0.25) is 0 Å². The first-order chi connectivity index (χ1) is 13.0. The van der Waals surface area contributed by atoms with E-state index >= 15 is 0 Å². The lowest BCUT2D eigenvalue weighted by Gasteiger charge is -2.23. The summed E-state index contributed by atoms with van der Waals surface area (Å²) in [4.78, 5) is 29.6. The molecule has 2 aromatic carbocycles. The smallest absolute Gasteiger partial charge is 0.257 e. The maximum Gasteiger partial charge on any atom is 0.257 e. The first-order valence-corrected chi connectivity index (χ1v) is 9.30. The fourth-order valence-electron chi connectivity index (χ4n) is 3.47.